The van der Waals surface area contributed by atoms with Crippen LogP contribution in [0.1, 0.15) is 0 Å². The number of hydrogen-bond acceptors (Lipinski definition) is 3. The molecule has 0 fully saturated rings. The molecule has 0 saturated carbocycles. The fourth-order valence-corrected chi connectivity index (χ4v) is 7.87. The van der Waals surface area contributed by atoms with E-state index in [-0.39, 0.29) is 0 Å². The number of anilines is 6. The summed E-state index contributed by atoms with van der Waals surface area (Å²) in [5.41, 5.74) is 13.4. The highest BCUT2D eigenvalue weighted by atomic mass is 16.5. The number of rotatable bonds is 8. The summed E-state index contributed by atoms with van der Waals surface area (Å²) >= 11 is 0. The van der Waals surface area contributed by atoms with Gasteiger partial charge in [0.1, 0.15) is 11.5 Å². The Morgan fingerprint density at radius 3 is 1.36 bits per heavy atom. The van der Waals surface area contributed by atoms with Gasteiger partial charge in [-0.1, -0.05) is 146 Å². The summed E-state index contributed by atoms with van der Waals surface area (Å²) in [5.74, 6) is 1.68. The van der Waals surface area contributed by atoms with Gasteiger partial charge in [-0.3, -0.25) is 0 Å². The molecule has 0 aliphatic carbocycles. The zero-order valence-electron chi connectivity index (χ0n) is 30.1. The van der Waals surface area contributed by atoms with Crippen LogP contribution in [0, 0.1) is 0 Å². The molecule has 1 aliphatic rings. The van der Waals surface area contributed by atoms with Crippen LogP contribution in [0.5, 0.6) is 11.5 Å². The van der Waals surface area contributed by atoms with Gasteiger partial charge in [-0.25, -0.2) is 0 Å². The molecule has 0 spiro atoms. The topological polar surface area (TPSA) is 15.7 Å². The third-order valence-corrected chi connectivity index (χ3v) is 10.4. The maximum atomic E-state index is 6.94. The van der Waals surface area contributed by atoms with Gasteiger partial charge >= 0.3 is 0 Å². The van der Waals surface area contributed by atoms with Crippen LogP contribution in [0.25, 0.3) is 44.2 Å². The monoisotopic (exact) mass is 704 g/mol. The maximum absolute atomic E-state index is 6.94. The first-order valence-electron chi connectivity index (χ1n) is 18.7. The molecule has 0 bridgehead atoms. The Balaban J connectivity index is 1.06. The molecule has 0 amide bonds. The molecule has 3 heteroatoms. The Morgan fingerprint density at radius 2 is 0.782 bits per heavy atom. The number of fused-ring (bicyclic) bond motifs is 2. The van der Waals surface area contributed by atoms with Crippen molar-refractivity contribution in [3.8, 4) is 44.9 Å². The average Bonchev–Trinajstić information content (AvgIpc) is 3.26. The summed E-state index contributed by atoms with van der Waals surface area (Å²) in [5, 5.41) is 2.22. The number of benzene rings is 9. The van der Waals surface area contributed by atoms with Crippen LogP contribution in [0.2, 0.25) is 0 Å². The highest BCUT2D eigenvalue weighted by molar-refractivity contribution is 6.09. The number of hydrogen-bond donors (Lipinski definition) is 0. The van der Waals surface area contributed by atoms with Crippen molar-refractivity contribution >= 4 is 44.9 Å². The van der Waals surface area contributed by atoms with E-state index in [9.17, 15) is 0 Å². The summed E-state index contributed by atoms with van der Waals surface area (Å²) < 4.78 is 6.94. The molecule has 9 aromatic rings. The summed E-state index contributed by atoms with van der Waals surface area (Å²) in [7, 11) is 0. The number of nitrogens with zero attached hydrogens (tertiary/aromatic N) is 2. The normalized spacial score (nSPS) is 11.4. The van der Waals surface area contributed by atoms with Crippen LogP contribution in [-0.2, 0) is 0 Å². The van der Waals surface area contributed by atoms with Crippen LogP contribution in [0.3, 0.4) is 0 Å². The molecule has 0 atom stereocenters. The van der Waals surface area contributed by atoms with Crippen molar-refractivity contribution < 1.29 is 4.74 Å². The molecule has 0 unspecified atom stereocenters. The van der Waals surface area contributed by atoms with E-state index in [1.165, 1.54) is 22.3 Å². The quantitative estimate of drug-likeness (QED) is 0.157. The summed E-state index contributed by atoms with van der Waals surface area (Å²) in [6.07, 6.45) is 0. The van der Waals surface area contributed by atoms with Crippen molar-refractivity contribution in [2.75, 3.05) is 9.80 Å². The SMILES string of the molecule is c1ccc(-c2ccc(-c3ccc(N(c4ccccc4)c4cc5c6c(cccc6c4)-c4c(cccc4N(c4ccccc4)c4ccccc4)O5)cc3)cc2)cc1. The first kappa shape index (κ1) is 32.3. The molecule has 10 rings (SSSR count). The van der Waals surface area contributed by atoms with Crippen LogP contribution in [-0.4, -0.2) is 0 Å². The van der Waals surface area contributed by atoms with Crippen molar-refractivity contribution in [2.24, 2.45) is 0 Å². The molecule has 1 heterocycles. The second-order valence-corrected chi connectivity index (χ2v) is 13.8. The lowest BCUT2D eigenvalue weighted by Crippen LogP contribution is -2.13. The number of para-hydroxylation sites is 3. The Morgan fingerprint density at radius 1 is 0.309 bits per heavy atom. The van der Waals surface area contributed by atoms with Crippen molar-refractivity contribution in [1.29, 1.82) is 0 Å². The van der Waals surface area contributed by atoms with Crippen molar-refractivity contribution in [3.05, 3.63) is 218 Å². The van der Waals surface area contributed by atoms with Gasteiger partial charge in [-0.05, 0) is 99.9 Å². The minimum atomic E-state index is 0.834. The standard InChI is InChI=1S/C52H36N2O/c1-5-15-37(16-6-1)38-27-29-39(30-28-38)40-31-33-45(34-32-40)53(42-18-7-2-8-19-42)46-35-41-17-13-24-47-51(41)50(36-46)55-49-26-14-25-48(52(47)49)54(43-20-9-3-10-21-43)44-22-11-4-12-23-44/h1-36H. The molecule has 260 valence electrons. The van der Waals surface area contributed by atoms with E-state index in [2.05, 4.69) is 228 Å². The van der Waals surface area contributed by atoms with Gasteiger partial charge in [0.25, 0.3) is 0 Å². The largest absolute Gasteiger partial charge is 0.456 e. The van der Waals surface area contributed by atoms with Gasteiger partial charge in [-0.2, -0.15) is 0 Å². The minimum Gasteiger partial charge on any atom is -0.456 e. The van der Waals surface area contributed by atoms with E-state index in [0.717, 1.165) is 67.5 Å². The van der Waals surface area contributed by atoms with Gasteiger partial charge in [0.2, 0.25) is 0 Å². The lowest BCUT2D eigenvalue weighted by molar-refractivity contribution is 0.487. The average molecular weight is 705 g/mol. The van der Waals surface area contributed by atoms with Crippen LogP contribution in [0.15, 0.2) is 218 Å². The molecule has 55 heavy (non-hydrogen) atoms. The predicted molar refractivity (Wildman–Crippen MR) is 230 cm³/mol. The third kappa shape index (κ3) is 5.98. The van der Waals surface area contributed by atoms with Gasteiger partial charge < -0.3 is 14.5 Å². The highest BCUT2D eigenvalue weighted by Gasteiger charge is 2.27. The Labute approximate surface area is 321 Å². The van der Waals surface area contributed by atoms with Gasteiger partial charge in [-0.15, -0.1) is 0 Å². The van der Waals surface area contributed by atoms with E-state index in [0.29, 0.717) is 0 Å². The van der Waals surface area contributed by atoms with Crippen molar-refractivity contribution in [2.45, 2.75) is 0 Å². The molecule has 3 nitrogen and oxygen atoms in total. The van der Waals surface area contributed by atoms with E-state index < -0.39 is 0 Å². The van der Waals surface area contributed by atoms with E-state index in [1.54, 1.807) is 0 Å². The highest BCUT2D eigenvalue weighted by Crippen LogP contribution is 2.54. The third-order valence-electron chi connectivity index (χ3n) is 10.4. The summed E-state index contributed by atoms with van der Waals surface area (Å²) in [6, 6.07) is 77.3. The molecular formula is C52H36N2O. The molecular weight excluding hydrogens is 669 g/mol. The lowest BCUT2D eigenvalue weighted by Gasteiger charge is -2.32. The van der Waals surface area contributed by atoms with Gasteiger partial charge in [0, 0.05) is 39.8 Å². The molecule has 9 aromatic carbocycles. The van der Waals surface area contributed by atoms with Crippen LogP contribution >= 0.6 is 0 Å². The second kappa shape index (κ2) is 13.9. The second-order valence-electron chi connectivity index (χ2n) is 13.8. The molecule has 0 aromatic heterocycles. The van der Waals surface area contributed by atoms with Crippen molar-refractivity contribution in [3.63, 3.8) is 0 Å². The number of ether oxygens (including phenoxy) is 1. The first-order valence-corrected chi connectivity index (χ1v) is 18.7. The van der Waals surface area contributed by atoms with E-state index in [4.69, 9.17) is 4.74 Å². The first-order chi connectivity index (χ1) is 27.3. The molecule has 0 N–H and O–H groups in total. The molecule has 1 aliphatic heterocycles. The molecule has 0 radical (unpaired) electrons. The Hall–Kier alpha value is -7.36. The van der Waals surface area contributed by atoms with Gasteiger partial charge in [0.05, 0.1) is 11.4 Å². The fourth-order valence-electron chi connectivity index (χ4n) is 7.87. The summed E-state index contributed by atoms with van der Waals surface area (Å²) in [4.78, 5) is 4.63. The van der Waals surface area contributed by atoms with Crippen LogP contribution in [0.4, 0.5) is 34.1 Å². The van der Waals surface area contributed by atoms with E-state index >= 15 is 0 Å². The predicted octanol–water partition coefficient (Wildman–Crippen LogP) is 14.9. The summed E-state index contributed by atoms with van der Waals surface area (Å²) in [6.45, 7) is 0. The Kier molecular flexibility index (Phi) is 8.16. The zero-order valence-corrected chi connectivity index (χ0v) is 30.1. The maximum Gasteiger partial charge on any atom is 0.138 e. The fraction of sp³-hybridized carbons (Fsp3) is 0. The smallest absolute Gasteiger partial charge is 0.138 e. The Bertz CT molecular complexity index is 2710. The lowest BCUT2D eigenvalue weighted by atomic mass is 9.92. The van der Waals surface area contributed by atoms with Crippen LogP contribution < -0.4 is 14.5 Å². The minimum absolute atomic E-state index is 0.834. The molecule has 0 saturated heterocycles. The zero-order chi connectivity index (χ0) is 36.6. The van der Waals surface area contributed by atoms with E-state index in [1.807, 2.05) is 0 Å². The van der Waals surface area contributed by atoms with Crippen molar-refractivity contribution in [1.82, 2.24) is 0 Å². The van der Waals surface area contributed by atoms with Gasteiger partial charge in [0.15, 0.2) is 0 Å².